The maximum absolute atomic E-state index is 13.1. The molecule has 0 saturated carbocycles. The van der Waals surface area contributed by atoms with E-state index >= 15 is 0 Å². The summed E-state index contributed by atoms with van der Waals surface area (Å²) in [6.45, 7) is 2.47. The Bertz CT molecular complexity index is 822. The van der Waals surface area contributed by atoms with Gasteiger partial charge in [0.15, 0.2) is 0 Å². The van der Waals surface area contributed by atoms with Gasteiger partial charge in [-0.1, -0.05) is 54.1 Å². The summed E-state index contributed by atoms with van der Waals surface area (Å²) in [5, 5.41) is 0.528. The molecule has 25 heavy (non-hydrogen) atoms. The van der Waals surface area contributed by atoms with Crippen LogP contribution in [0.15, 0.2) is 71.1 Å². The van der Waals surface area contributed by atoms with Crippen molar-refractivity contribution < 1.29 is 13.7 Å². The standard InChI is InChI=1S/C19H18ClNO3S/c1-2-24-19(22)17-11-12-21(18(17)14-7-4-3-5-8-14)25(23)16-10-6-9-15(20)13-16/h3-11,13,18H,2,12H2,1H3. The molecule has 6 heteroatoms. The normalized spacial score (nSPS) is 18.6. The van der Waals surface area contributed by atoms with E-state index in [2.05, 4.69) is 0 Å². The summed E-state index contributed by atoms with van der Waals surface area (Å²) in [7, 11) is -1.45. The van der Waals surface area contributed by atoms with Crippen molar-refractivity contribution in [3.8, 4) is 0 Å². The molecule has 0 amide bonds. The van der Waals surface area contributed by atoms with Gasteiger partial charge in [-0.2, -0.15) is 0 Å². The molecule has 130 valence electrons. The minimum absolute atomic E-state index is 0.301. The van der Waals surface area contributed by atoms with Crippen molar-refractivity contribution in [2.75, 3.05) is 13.2 Å². The van der Waals surface area contributed by atoms with Gasteiger partial charge in [0.1, 0.15) is 11.0 Å². The Hall–Kier alpha value is -1.95. The van der Waals surface area contributed by atoms with Gasteiger partial charge in [0.2, 0.25) is 0 Å². The van der Waals surface area contributed by atoms with Crippen LogP contribution in [0.2, 0.25) is 5.02 Å². The molecule has 0 radical (unpaired) electrons. The van der Waals surface area contributed by atoms with Gasteiger partial charge in [-0.3, -0.25) is 0 Å². The highest BCUT2D eigenvalue weighted by atomic mass is 35.5. The molecule has 0 N–H and O–H groups in total. The maximum Gasteiger partial charge on any atom is 0.335 e. The lowest BCUT2D eigenvalue weighted by Crippen LogP contribution is -2.29. The second kappa shape index (κ2) is 7.95. The van der Waals surface area contributed by atoms with E-state index in [9.17, 15) is 9.00 Å². The molecule has 3 rings (SSSR count). The first kappa shape index (κ1) is 17.9. The third-order valence-electron chi connectivity index (χ3n) is 3.91. The molecule has 1 heterocycles. The lowest BCUT2D eigenvalue weighted by Gasteiger charge is -2.25. The quantitative estimate of drug-likeness (QED) is 0.744. The van der Waals surface area contributed by atoms with Gasteiger partial charge in [-0.05, 0) is 30.7 Å². The Labute approximate surface area is 154 Å². The highest BCUT2D eigenvalue weighted by Crippen LogP contribution is 2.36. The third-order valence-corrected chi connectivity index (χ3v) is 5.59. The molecule has 1 aliphatic heterocycles. The first-order valence-corrected chi connectivity index (χ1v) is 9.46. The summed E-state index contributed by atoms with van der Waals surface area (Å²) < 4.78 is 20.0. The molecule has 1 aliphatic rings. The SMILES string of the molecule is CCOC(=O)C1=CCN(S(=O)c2cccc(Cl)c2)C1c1ccccc1. The summed E-state index contributed by atoms with van der Waals surface area (Å²) in [6.07, 6.45) is 1.79. The van der Waals surface area contributed by atoms with Crippen molar-refractivity contribution in [1.82, 2.24) is 4.31 Å². The lowest BCUT2D eigenvalue weighted by molar-refractivity contribution is -0.138. The highest BCUT2D eigenvalue weighted by molar-refractivity contribution is 7.82. The monoisotopic (exact) mass is 375 g/mol. The van der Waals surface area contributed by atoms with Crippen molar-refractivity contribution in [2.24, 2.45) is 0 Å². The van der Waals surface area contributed by atoms with E-state index in [1.54, 1.807) is 41.6 Å². The number of benzene rings is 2. The molecule has 2 unspecified atom stereocenters. The number of nitrogens with zero attached hydrogens (tertiary/aromatic N) is 1. The molecule has 0 aliphatic carbocycles. The van der Waals surface area contributed by atoms with Crippen LogP contribution in [-0.2, 0) is 20.5 Å². The van der Waals surface area contributed by atoms with Gasteiger partial charge in [0.05, 0.1) is 23.1 Å². The van der Waals surface area contributed by atoms with Gasteiger partial charge in [0.25, 0.3) is 0 Å². The van der Waals surface area contributed by atoms with Crippen LogP contribution in [0.5, 0.6) is 0 Å². The summed E-state index contributed by atoms with van der Waals surface area (Å²) >= 11 is 6.03. The Balaban J connectivity index is 1.96. The van der Waals surface area contributed by atoms with Crippen molar-refractivity contribution in [2.45, 2.75) is 17.9 Å². The van der Waals surface area contributed by atoms with Gasteiger partial charge in [0, 0.05) is 11.6 Å². The second-order valence-corrected chi connectivity index (χ2v) is 7.37. The minimum atomic E-state index is -1.45. The largest absolute Gasteiger partial charge is 0.463 e. The number of ether oxygens (including phenoxy) is 1. The van der Waals surface area contributed by atoms with Crippen molar-refractivity contribution in [1.29, 1.82) is 0 Å². The van der Waals surface area contributed by atoms with E-state index in [4.69, 9.17) is 16.3 Å². The first-order chi connectivity index (χ1) is 12.1. The van der Waals surface area contributed by atoms with E-state index in [1.165, 1.54) is 0 Å². The van der Waals surface area contributed by atoms with Gasteiger partial charge >= 0.3 is 5.97 Å². The average Bonchev–Trinajstić information content (AvgIpc) is 3.07. The second-order valence-electron chi connectivity index (χ2n) is 5.50. The summed E-state index contributed by atoms with van der Waals surface area (Å²) in [5.74, 6) is -0.373. The number of halogens is 1. The smallest absolute Gasteiger partial charge is 0.335 e. The van der Waals surface area contributed by atoms with E-state index < -0.39 is 17.0 Å². The molecular weight excluding hydrogens is 358 g/mol. The molecule has 0 aromatic heterocycles. The minimum Gasteiger partial charge on any atom is -0.463 e. The first-order valence-electron chi connectivity index (χ1n) is 7.98. The number of rotatable bonds is 5. The topological polar surface area (TPSA) is 46.6 Å². The van der Waals surface area contributed by atoms with Crippen LogP contribution >= 0.6 is 11.6 Å². The number of hydrogen-bond acceptors (Lipinski definition) is 3. The average molecular weight is 376 g/mol. The van der Waals surface area contributed by atoms with Gasteiger partial charge < -0.3 is 4.74 Å². The van der Waals surface area contributed by atoms with Crippen LogP contribution in [-0.4, -0.2) is 27.6 Å². The molecule has 2 aromatic rings. The Morgan fingerprint density at radius 3 is 2.68 bits per heavy atom. The van der Waals surface area contributed by atoms with E-state index in [-0.39, 0.29) is 5.97 Å². The Morgan fingerprint density at radius 2 is 2.00 bits per heavy atom. The number of hydrogen-bond donors (Lipinski definition) is 0. The predicted octanol–water partition coefficient (Wildman–Crippen LogP) is 3.91. The van der Waals surface area contributed by atoms with Crippen LogP contribution in [0.25, 0.3) is 0 Å². The fourth-order valence-corrected chi connectivity index (χ4v) is 4.41. The molecular formula is C19H18ClNO3S. The molecule has 0 bridgehead atoms. The summed E-state index contributed by atoms with van der Waals surface area (Å²) in [5.41, 5.74) is 1.41. The predicted molar refractivity (Wildman–Crippen MR) is 98.5 cm³/mol. The Morgan fingerprint density at radius 1 is 1.24 bits per heavy atom. The zero-order valence-electron chi connectivity index (χ0n) is 13.7. The van der Waals surface area contributed by atoms with E-state index in [0.717, 1.165) is 5.56 Å². The van der Waals surface area contributed by atoms with Crippen LogP contribution in [0, 0.1) is 0 Å². The van der Waals surface area contributed by atoms with Crippen molar-refractivity contribution in [3.05, 3.63) is 76.8 Å². The molecule has 4 nitrogen and oxygen atoms in total. The summed E-state index contributed by atoms with van der Waals surface area (Å²) in [4.78, 5) is 13.0. The molecule has 2 atom stereocenters. The number of carbonyl (C=O) groups is 1. The van der Waals surface area contributed by atoms with Crippen LogP contribution in [0.4, 0.5) is 0 Å². The van der Waals surface area contributed by atoms with Crippen LogP contribution in [0.3, 0.4) is 0 Å². The van der Waals surface area contributed by atoms with Crippen LogP contribution in [0.1, 0.15) is 18.5 Å². The zero-order chi connectivity index (χ0) is 17.8. The molecule has 0 spiro atoms. The lowest BCUT2D eigenvalue weighted by atomic mass is 10.0. The molecule has 0 saturated heterocycles. The van der Waals surface area contributed by atoms with Crippen LogP contribution < -0.4 is 0 Å². The van der Waals surface area contributed by atoms with Gasteiger partial charge in [-0.15, -0.1) is 0 Å². The number of esters is 1. The Kier molecular flexibility index (Phi) is 5.68. The fourth-order valence-electron chi connectivity index (χ4n) is 2.83. The summed E-state index contributed by atoms with van der Waals surface area (Å²) in [6, 6.07) is 16.1. The van der Waals surface area contributed by atoms with Gasteiger partial charge in [-0.25, -0.2) is 13.3 Å². The third kappa shape index (κ3) is 3.84. The van der Waals surface area contributed by atoms with Crippen molar-refractivity contribution >= 4 is 28.6 Å². The fraction of sp³-hybridized carbons (Fsp3) is 0.211. The number of carbonyl (C=O) groups excluding carboxylic acids is 1. The van der Waals surface area contributed by atoms with E-state index in [1.807, 2.05) is 30.3 Å². The maximum atomic E-state index is 13.1. The molecule has 0 fully saturated rings. The molecule has 2 aromatic carbocycles. The highest BCUT2D eigenvalue weighted by Gasteiger charge is 2.37. The van der Waals surface area contributed by atoms with E-state index in [0.29, 0.717) is 28.6 Å². The van der Waals surface area contributed by atoms with Crippen molar-refractivity contribution in [3.63, 3.8) is 0 Å². The zero-order valence-corrected chi connectivity index (χ0v) is 15.3.